The van der Waals surface area contributed by atoms with E-state index in [-0.39, 0.29) is 11.8 Å². The quantitative estimate of drug-likeness (QED) is 0.772. The Kier molecular flexibility index (Phi) is 6.27. The zero-order valence-corrected chi connectivity index (χ0v) is 11.9. The molecule has 3 heteroatoms. The van der Waals surface area contributed by atoms with Crippen LogP contribution < -0.4 is 5.73 Å². The maximum absolute atomic E-state index is 10.9. The normalized spacial score (nSPS) is 12.4. The van der Waals surface area contributed by atoms with Gasteiger partial charge in [0.05, 0.1) is 0 Å². The van der Waals surface area contributed by atoms with Gasteiger partial charge in [0, 0.05) is 11.2 Å². The number of hydrogen-bond donors (Lipinski definition) is 1. The van der Waals surface area contributed by atoms with Gasteiger partial charge in [-0.25, -0.2) is 0 Å². The van der Waals surface area contributed by atoms with E-state index < -0.39 is 0 Å². The van der Waals surface area contributed by atoms with Crippen molar-refractivity contribution in [3.8, 4) is 0 Å². The van der Waals surface area contributed by atoms with E-state index in [1.54, 1.807) is 0 Å². The molecule has 0 radical (unpaired) electrons. The summed E-state index contributed by atoms with van der Waals surface area (Å²) in [7, 11) is 0. The van der Waals surface area contributed by atoms with E-state index in [1.165, 1.54) is 11.1 Å². The fraction of sp³-hybridized carbons (Fsp3) is 0.500. The van der Waals surface area contributed by atoms with Gasteiger partial charge in [-0.05, 0) is 36.8 Å². The molecule has 0 fully saturated rings. The van der Waals surface area contributed by atoms with E-state index in [4.69, 9.17) is 5.73 Å². The van der Waals surface area contributed by atoms with E-state index in [2.05, 4.69) is 40.2 Å². The van der Waals surface area contributed by atoms with E-state index in [0.717, 1.165) is 31.0 Å². The minimum atomic E-state index is -0.209. The first-order valence-electron chi connectivity index (χ1n) is 6.06. The molecule has 0 aliphatic rings. The van der Waals surface area contributed by atoms with Crippen molar-refractivity contribution in [1.29, 1.82) is 0 Å². The van der Waals surface area contributed by atoms with Crippen LogP contribution >= 0.6 is 15.9 Å². The molecular weight excluding hydrogens is 278 g/mol. The zero-order valence-electron chi connectivity index (χ0n) is 10.3. The zero-order chi connectivity index (χ0) is 12.7. The van der Waals surface area contributed by atoms with Crippen LogP contribution in [0.25, 0.3) is 0 Å². The summed E-state index contributed by atoms with van der Waals surface area (Å²) in [4.78, 5) is 10.9. The standard InChI is InChI=1S/C14H20BrNO/c1-11(14(16)17)4-5-13-8-6-12(7-9-13)3-2-10-15/h6-9,11H,2-5,10H2,1H3,(H2,16,17). The van der Waals surface area contributed by atoms with Crippen molar-refractivity contribution in [2.75, 3.05) is 5.33 Å². The number of alkyl halides is 1. The highest BCUT2D eigenvalue weighted by molar-refractivity contribution is 9.09. The van der Waals surface area contributed by atoms with Gasteiger partial charge < -0.3 is 5.73 Å². The number of rotatable bonds is 7. The molecule has 0 saturated heterocycles. The second-order valence-electron chi connectivity index (χ2n) is 4.45. The van der Waals surface area contributed by atoms with Gasteiger partial charge in [-0.1, -0.05) is 47.1 Å². The Morgan fingerprint density at radius 1 is 1.24 bits per heavy atom. The highest BCUT2D eigenvalue weighted by Gasteiger charge is 2.08. The third-order valence-electron chi connectivity index (χ3n) is 2.97. The lowest BCUT2D eigenvalue weighted by Crippen LogP contribution is -2.20. The molecule has 94 valence electrons. The lowest BCUT2D eigenvalue weighted by atomic mass is 9.99. The Hall–Kier alpha value is -0.830. The molecule has 2 N–H and O–H groups in total. The van der Waals surface area contributed by atoms with Crippen molar-refractivity contribution in [1.82, 2.24) is 0 Å². The topological polar surface area (TPSA) is 43.1 Å². The molecule has 1 aromatic rings. The van der Waals surface area contributed by atoms with Gasteiger partial charge in [-0.15, -0.1) is 0 Å². The van der Waals surface area contributed by atoms with Gasteiger partial charge in [0.25, 0.3) is 0 Å². The van der Waals surface area contributed by atoms with Crippen molar-refractivity contribution in [3.63, 3.8) is 0 Å². The fourth-order valence-corrected chi connectivity index (χ4v) is 1.95. The summed E-state index contributed by atoms with van der Waals surface area (Å²) in [5.74, 6) is -0.248. The van der Waals surface area contributed by atoms with Crippen LogP contribution in [0.3, 0.4) is 0 Å². The first kappa shape index (κ1) is 14.2. The molecule has 0 aliphatic carbocycles. The first-order chi connectivity index (χ1) is 8.13. The van der Waals surface area contributed by atoms with E-state index in [0.29, 0.717) is 0 Å². The molecule has 0 aliphatic heterocycles. The highest BCUT2D eigenvalue weighted by atomic mass is 79.9. The summed E-state index contributed by atoms with van der Waals surface area (Å²) in [6.45, 7) is 1.88. The Bertz CT molecular complexity index is 348. The second kappa shape index (κ2) is 7.49. The molecular formula is C14H20BrNO. The number of hydrogen-bond acceptors (Lipinski definition) is 1. The van der Waals surface area contributed by atoms with E-state index >= 15 is 0 Å². The summed E-state index contributed by atoms with van der Waals surface area (Å²) in [6, 6.07) is 8.65. The Morgan fingerprint density at radius 3 is 2.24 bits per heavy atom. The number of benzene rings is 1. The maximum atomic E-state index is 10.9. The van der Waals surface area contributed by atoms with Crippen molar-refractivity contribution >= 4 is 21.8 Å². The molecule has 0 aromatic heterocycles. The van der Waals surface area contributed by atoms with Gasteiger partial charge in [-0.2, -0.15) is 0 Å². The van der Waals surface area contributed by atoms with Crippen LogP contribution in [-0.4, -0.2) is 11.2 Å². The second-order valence-corrected chi connectivity index (χ2v) is 5.24. The average molecular weight is 298 g/mol. The predicted octanol–water partition coefficient (Wildman–Crippen LogP) is 3.07. The largest absolute Gasteiger partial charge is 0.369 e. The lowest BCUT2D eigenvalue weighted by Gasteiger charge is -2.07. The molecule has 1 atom stereocenters. The fourth-order valence-electron chi connectivity index (χ4n) is 1.67. The Labute approximate surface area is 112 Å². The van der Waals surface area contributed by atoms with Crippen LogP contribution in [0, 0.1) is 5.92 Å². The number of aryl methyl sites for hydroxylation is 2. The molecule has 1 aromatic carbocycles. The summed E-state index contributed by atoms with van der Waals surface area (Å²) >= 11 is 3.43. The van der Waals surface area contributed by atoms with Gasteiger partial charge >= 0.3 is 0 Å². The van der Waals surface area contributed by atoms with Crippen LogP contribution in [0.5, 0.6) is 0 Å². The third-order valence-corrected chi connectivity index (χ3v) is 3.53. The molecule has 17 heavy (non-hydrogen) atoms. The van der Waals surface area contributed by atoms with Gasteiger partial charge in [0.1, 0.15) is 0 Å². The van der Waals surface area contributed by atoms with Crippen LogP contribution in [0.1, 0.15) is 30.9 Å². The monoisotopic (exact) mass is 297 g/mol. The van der Waals surface area contributed by atoms with E-state index in [9.17, 15) is 4.79 Å². The molecule has 1 unspecified atom stereocenters. The Morgan fingerprint density at radius 2 is 1.76 bits per heavy atom. The summed E-state index contributed by atoms with van der Waals surface area (Å²) in [5, 5.41) is 1.05. The maximum Gasteiger partial charge on any atom is 0.220 e. The minimum Gasteiger partial charge on any atom is -0.369 e. The number of nitrogens with two attached hydrogens (primary N) is 1. The first-order valence-corrected chi connectivity index (χ1v) is 7.18. The molecule has 0 saturated carbocycles. The predicted molar refractivity (Wildman–Crippen MR) is 75.2 cm³/mol. The summed E-state index contributed by atoms with van der Waals surface area (Å²) in [6.07, 6.45) is 4.03. The minimum absolute atomic E-state index is 0.0388. The molecule has 0 heterocycles. The number of carbonyl (C=O) groups is 1. The smallest absolute Gasteiger partial charge is 0.220 e. The van der Waals surface area contributed by atoms with Crippen molar-refractivity contribution in [3.05, 3.63) is 35.4 Å². The molecule has 1 rings (SSSR count). The SMILES string of the molecule is CC(CCc1ccc(CCCBr)cc1)C(N)=O. The van der Waals surface area contributed by atoms with Crippen LogP contribution in [0.2, 0.25) is 0 Å². The van der Waals surface area contributed by atoms with Crippen LogP contribution in [0.15, 0.2) is 24.3 Å². The number of amides is 1. The van der Waals surface area contributed by atoms with Crippen molar-refractivity contribution in [2.45, 2.75) is 32.6 Å². The molecule has 0 bridgehead atoms. The van der Waals surface area contributed by atoms with Crippen LogP contribution in [0.4, 0.5) is 0 Å². The van der Waals surface area contributed by atoms with Gasteiger partial charge in [0.2, 0.25) is 5.91 Å². The van der Waals surface area contributed by atoms with Crippen LogP contribution in [-0.2, 0) is 17.6 Å². The summed E-state index contributed by atoms with van der Waals surface area (Å²) in [5.41, 5.74) is 7.89. The van der Waals surface area contributed by atoms with E-state index in [1.807, 2.05) is 6.92 Å². The molecule has 2 nitrogen and oxygen atoms in total. The number of primary amides is 1. The summed E-state index contributed by atoms with van der Waals surface area (Å²) < 4.78 is 0. The number of halogens is 1. The lowest BCUT2D eigenvalue weighted by molar-refractivity contribution is -0.121. The van der Waals surface area contributed by atoms with Crippen molar-refractivity contribution < 1.29 is 4.79 Å². The van der Waals surface area contributed by atoms with Crippen molar-refractivity contribution in [2.24, 2.45) is 11.7 Å². The average Bonchev–Trinajstić information content (AvgIpc) is 2.34. The highest BCUT2D eigenvalue weighted by Crippen LogP contribution is 2.12. The number of carbonyl (C=O) groups excluding carboxylic acids is 1. The molecule has 1 amide bonds. The van der Waals surface area contributed by atoms with Gasteiger partial charge in [0.15, 0.2) is 0 Å². The third kappa shape index (κ3) is 5.35. The molecule has 0 spiro atoms. The van der Waals surface area contributed by atoms with Gasteiger partial charge in [-0.3, -0.25) is 4.79 Å². The Balaban J connectivity index is 2.42.